The molecule has 1 aromatic rings. The lowest BCUT2D eigenvalue weighted by Crippen LogP contribution is -2.44. The van der Waals surface area contributed by atoms with E-state index in [1.807, 2.05) is 0 Å². The van der Waals surface area contributed by atoms with Crippen LogP contribution in [-0.2, 0) is 0 Å². The van der Waals surface area contributed by atoms with Crippen LogP contribution in [-0.4, -0.2) is 44.2 Å². The zero-order valence-electron chi connectivity index (χ0n) is 10.7. The summed E-state index contributed by atoms with van der Waals surface area (Å²) in [4.78, 5) is 4.88. The van der Waals surface area contributed by atoms with Gasteiger partial charge in [-0.2, -0.15) is 0 Å². The van der Waals surface area contributed by atoms with Gasteiger partial charge in [-0.1, -0.05) is 18.2 Å². The minimum atomic E-state index is 0.707. The normalized spacial score (nSPS) is 17.7. The molecular formula is C14H23N3. The predicted octanol–water partition coefficient (Wildman–Crippen LogP) is 1.55. The van der Waals surface area contributed by atoms with E-state index in [2.05, 4.69) is 47.2 Å². The molecule has 1 fully saturated rings. The highest BCUT2D eigenvalue weighted by atomic mass is 15.2. The Morgan fingerprint density at radius 1 is 1.24 bits per heavy atom. The molecule has 1 heterocycles. The van der Waals surface area contributed by atoms with Gasteiger partial charge in [-0.25, -0.2) is 0 Å². The Hall–Kier alpha value is -1.06. The maximum Gasteiger partial charge on any atom is 0.0366 e. The molecule has 17 heavy (non-hydrogen) atoms. The molecule has 1 aromatic carbocycles. The summed E-state index contributed by atoms with van der Waals surface area (Å²) in [5, 5.41) is 0. The van der Waals surface area contributed by atoms with Crippen molar-refractivity contribution in [3.05, 3.63) is 30.3 Å². The van der Waals surface area contributed by atoms with E-state index in [1.165, 1.54) is 18.5 Å². The van der Waals surface area contributed by atoms with Crippen LogP contribution in [0.3, 0.4) is 0 Å². The molecule has 0 aromatic heterocycles. The van der Waals surface area contributed by atoms with Crippen LogP contribution in [0.4, 0.5) is 5.69 Å². The van der Waals surface area contributed by atoms with Crippen LogP contribution >= 0.6 is 0 Å². The van der Waals surface area contributed by atoms with Gasteiger partial charge in [0.25, 0.3) is 0 Å². The molecule has 0 atom stereocenters. The largest absolute Gasteiger partial charge is 0.371 e. The van der Waals surface area contributed by atoms with Gasteiger partial charge in [0, 0.05) is 37.9 Å². The molecule has 3 nitrogen and oxygen atoms in total. The average Bonchev–Trinajstić information content (AvgIpc) is 2.40. The van der Waals surface area contributed by atoms with E-state index in [1.54, 1.807) is 0 Å². The molecule has 0 radical (unpaired) electrons. The van der Waals surface area contributed by atoms with E-state index < -0.39 is 0 Å². The lowest BCUT2D eigenvalue weighted by Gasteiger charge is -2.37. The van der Waals surface area contributed by atoms with Crippen LogP contribution in [0.1, 0.15) is 12.8 Å². The summed E-state index contributed by atoms with van der Waals surface area (Å²) in [6.45, 7) is 4.08. The summed E-state index contributed by atoms with van der Waals surface area (Å²) in [6.07, 6.45) is 2.48. The number of hydrogen-bond acceptors (Lipinski definition) is 3. The van der Waals surface area contributed by atoms with Gasteiger partial charge >= 0.3 is 0 Å². The van der Waals surface area contributed by atoms with Crippen LogP contribution in [0.25, 0.3) is 0 Å². The van der Waals surface area contributed by atoms with E-state index in [0.717, 1.165) is 26.2 Å². The number of piperidine rings is 1. The van der Waals surface area contributed by atoms with Gasteiger partial charge in [-0.05, 0) is 32.0 Å². The Labute approximate surface area is 104 Å². The molecule has 1 saturated heterocycles. The summed E-state index contributed by atoms with van der Waals surface area (Å²) in [5.74, 6) is 0. The number of hydrogen-bond donors (Lipinski definition) is 1. The third-order valence-corrected chi connectivity index (χ3v) is 3.69. The minimum absolute atomic E-state index is 0.707. The van der Waals surface area contributed by atoms with Crippen LogP contribution in [0.2, 0.25) is 0 Å². The molecule has 0 unspecified atom stereocenters. The van der Waals surface area contributed by atoms with Crippen molar-refractivity contribution in [2.75, 3.05) is 38.1 Å². The van der Waals surface area contributed by atoms with Crippen LogP contribution in [0, 0.1) is 0 Å². The third kappa shape index (κ3) is 3.20. The molecule has 2 rings (SSSR count). The molecule has 94 valence electrons. The smallest absolute Gasteiger partial charge is 0.0366 e. The molecule has 0 spiro atoms. The number of rotatable bonds is 4. The Morgan fingerprint density at radius 2 is 1.88 bits per heavy atom. The molecule has 0 amide bonds. The minimum Gasteiger partial charge on any atom is -0.371 e. The molecule has 1 aliphatic rings. The van der Waals surface area contributed by atoms with Gasteiger partial charge in [-0.15, -0.1) is 0 Å². The van der Waals surface area contributed by atoms with E-state index in [0.29, 0.717) is 6.04 Å². The second kappa shape index (κ2) is 6.03. The fraction of sp³-hybridized carbons (Fsp3) is 0.571. The van der Waals surface area contributed by atoms with Gasteiger partial charge in [0.2, 0.25) is 0 Å². The first-order chi connectivity index (χ1) is 8.31. The summed E-state index contributed by atoms with van der Waals surface area (Å²) >= 11 is 0. The Kier molecular flexibility index (Phi) is 4.40. The maximum absolute atomic E-state index is 5.60. The molecule has 3 heteroatoms. The standard InChI is InChI=1S/C14H23N3/c1-16(12-9-15)13-7-10-17(11-8-13)14-5-3-2-4-6-14/h2-6,13H,7-12,15H2,1H3. The highest BCUT2D eigenvalue weighted by molar-refractivity contribution is 5.46. The van der Waals surface area contributed by atoms with Gasteiger partial charge in [0.15, 0.2) is 0 Å². The van der Waals surface area contributed by atoms with Crippen LogP contribution in [0.15, 0.2) is 30.3 Å². The number of anilines is 1. The van der Waals surface area contributed by atoms with Crippen molar-refractivity contribution in [2.45, 2.75) is 18.9 Å². The zero-order valence-corrected chi connectivity index (χ0v) is 10.7. The molecule has 0 aliphatic carbocycles. The molecule has 1 aliphatic heterocycles. The first-order valence-electron chi connectivity index (χ1n) is 6.51. The molecular weight excluding hydrogens is 210 g/mol. The van der Waals surface area contributed by atoms with Gasteiger partial charge in [-0.3, -0.25) is 0 Å². The number of para-hydroxylation sites is 1. The van der Waals surface area contributed by atoms with Crippen molar-refractivity contribution in [1.82, 2.24) is 4.90 Å². The summed E-state index contributed by atoms with van der Waals surface area (Å²) < 4.78 is 0. The van der Waals surface area contributed by atoms with E-state index in [-0.39, 0.29) is 0 Å². The third-order valence-electron chi connectivity index (χ3n) is 3.69. The van der Waals surface area contributed by atoms with Gasteiger partial charge < -0.3 is 15.5 Å². The zero-order chi connectivity index (χ0) is 12.1. The number of likely N-dealkylation sites (N-methyl/N-ethyl adjacent to an activating group) is 1. The Morgan fingerprint density at radius 3 is 2.47 bits per heavy atom. The van der Waals surface area contributed by atoms with E-state index in [9.17, 15) is 0 Å². The van der Waals surface area contributed by atoms with Crippen molar-refractivity contribution < 1.29 is 0 Å². The van der Waals surface area contributed by atoms with Crippen LogP contribution in [0.5, 0.6) is 0 Å². The maximum atomic E-state index is 5.60. The summed E-state index contributed by atoms with van der Waals surface area (Å²) in [5.41, 5.74) is 6.96. The molecule has 2 N–H and O–H groups in total. The van der Waals surface area contributed by atoms with Crippen molar-refractivity contribution >= 4 is 5.69 Å². The SMILES string of the molecule is CN(CCN)C1CCN(c2ccccc2)CC1. The van der Waals surface area contributed by atoms with Gasteiger partial charge in [0.1, 0.15) is 0 Å². The second-order valence-electron chi connectivity index (χ2n) is 4.82. The predicted molar refractivity (Wildman–Crippen MR) is 73.4 cm³/mol. The van der Waals surface area contributed by atoms with Crippen molar-refractivity contribution in [1.29, 1.82) is 0 Å². The second-order valence-corrected chi connectivity index (χ2v) is 4.82. The number of benzene rings is 1. The Balaban J connectivity index is 1.86. The monoisotopic (exact) mass is 233 g/mol. The topological polar surface area (TPSA) is 32.5 Å². The van der Waals surface area contributed by atoms with Crippen molar-refractivity contribution in [2.24, 2.45) is 5.73 Å². The Bertz CT molecular complexity index is 317. The molecule has 0 saturated carbocycles. The van der Waals surface area contributed by atoms with Gasteiger partial charge in [0.05, 0.1) is 0 Å². The van der Waals surface area contributed by atoms with Crippen molar-refractivity contribution in [3.63, 3.8) is 0 Å². The summed E-state index contributed by atoms with van der Waals surface area (Å²) in [7, 11) is 2.19. The lowest BCUT2D eigenvalue weighted by molar-refractivity contribution is 0.213. The lowest BCUT2D eigenvalue weighted by atomic mass is 10.0. The summed E-state index contributed by atoms with van der Waals surface area (Å²) in [6, 6.07) is 11.4. The number of nitrogens with two attached hydrogens (primary N) is 1. The fourth-order valence-electron chi connectivity index (χ4n) is 2.59. The average molecular weight is 233 g/mol. The van der Waals surface area contributed by atoms with E-state index >= 15 is 0 Å². The highest BCUT2D eigenvalue weighted by Gasteiger charge is 2.21. The highest BCUT2D eigenvalue weighted by Crippen LogP contribution is 2.21. The van der Waals surface area contributed by atoms with E-state index in [4.69, 9.17) is 5.73 Å². The van der Waals surface area contributed by atoms with Crippen LogP contribution < -0.4 is 10.6 Å². The molecule has 0 bridgehead atoms. The first kappa shape index (κ1) is 12.4. The fourth-order valence-corrected chi connectivity index (χ4v) is 2.59. The number of nitrogens with zero attached hydrogens (tertiary/aromatic N) is 2. The first-order valence-corrected chi connectivity index (χ1v) is 6.51. The quantitative estimate of drug-likeness (QED) is 0.856. The van der Waals surface area contributed by atoms with Crippen molar-refractivity contribution in [3.8, 4) is 0 Å².